The van der Waals surface area contributed by atoms with Gasteiger partial charge in [0.1, 0.15) is 5.00 Å². The molecule has 0 saturated carbocycles. The molecule has 3 rings (SSSR count). The van der Waals surface area contributed by atoms with Gasteiger partial charge in [0.25, 0.3) is 0 Å². The molecule has 5 heteroatoms. The zero-order valence-electron chi connectivity index (χ0n) is 18.5. The van der Waals surface area contributed by atoms with E-state index in [1.165, 1.54) is 27.9 Å². The minimum Gasteiger partial charge on any atom is -0.462 e. The number of aryl methyl sites for hydroxylation is 1. The fourth-order valence-corrected chi connectivity index (χ4v) is 5.15. The van der Waals surface area contributed by atoms with Crippen LogP contribution in [0.5, 0.6) is 0 Å². The van der Waals surface area contributed by atoms with Crippen LogP contribution in [0.3, 0.4) is 0 Å². The Balaban J connectivity index is 1.84. The van der Waals surface area contributed by atoms with Gasteiger partial charge in [-0.2, -0.15) is 0 Å². The summed E-state index contributed by atoms with van der Waals surface area (Å²) in [6.45, 7) is 10.9. The highest BCUT2D eigenvalue weighted by atomic mass is 32.1. The molecule has 160 valence electrons. The fraction of sp³-hybridized carbons (Fsp3) is 0.440. The molecule has 30 heavy (non-hydrogen) atoms. The van der Waals surface area contributed by atoms with Crippen LogP contribution in [-0.4, -0.2) is 18.5 Å². The smallest absolute Gasteiger partial charge is 0.341 e. The van der Waals surface area contributed by atoms with Gasteiger partial charge in [-0.3, -0.25) is 4.79 Å². The number of anilines is 1. The van der Waals surface area contributed by atoms with Gasteiger partial charge in [0.15, 0.2) is 0 Å². The van der Waals surface area contributed by atoms with Gasteiger partial charge in [-0.15, -0.1) is 11.3 Å². The summed E-state index contributed by atoms with van der Waals surface area (Å²) in [6.07, 6.45) is 6.11. The van der Waals surface area contributed by atoms with Crippen molar-refractivity contribution in [2.24, 2.45) is 11.3 Å². The predicted molar refractivity (Wildman–Crippen MR) is 124 cm³/mol. The third kappa shape index (κ3) is 5.20. The van der Waals surface area contributed by atoms with E-state index < -0.39 is 0 Å². The van der Waals surface area contributed by atoms with Crippen molar-refractivity contribution >= 4 is 34.3 Å². The van der Waals surface area contributed by atoms with E-state index in [2.05, 4.69) is 26.1 Å². The van der Waals surface area contributed by atoms with E-state index in [0.717, 1.165) is 30.4 Å². The zero-order chi connectivity index (χ0) is 21.9. The Bertz CT molecular complexity index is 948. The Kier molecular flexibility index (Phi) is 6.81. The number of ether oxygens (including phenoxy) is 1. The first-order valence-electron chi connectivity index (χ1n) is 10.6. The van der Waals surface area contributed by atoms with Gasteiger partial charge in [0.05, 0.1) is 12.2 Å². The molecule has 0 aliphatic heterocycles. The number of thiophene rings is 1. The summed E-state index contributed by atoms with van der Waals surface area (Å²) in [5.41, 5.74) is 3.94. The van der Waals surface area contributed by atoms with Crippen LogP contribution in [0.25, 0.3) is 6.08 Å². The van der Waals surface area contributed by atoms with E-state index in [1.807, 2.05) is 31.2 Å². The van der Waals surface area contributed by atoms with Gasteiger partial charge >= 0.3 is 5.97 Å². The van der Waals surface area contributed by atoms with Crippen molar-refractivity contribution in [3.63, 3.8) is 0 Å². The third-order valence-electron chi connectivity index (χ3n) is 5.71. The standard InChI is InChI=1S/C25H31NO3S/c1-6-29-24(28)22-19-13-12-18(25(3,4)5)15-20(19)30-23(22)26-21(27)14-11-17-9-7-16(2)8-10-17/h7-11,14,18H,6,12-13,15H2,1-5H3,(H,26,27). The van der Waals surface area contributed by atoms with Crippen LogP contribution in [0.15, 0.2) is 30.3 Å². The van der Waals surface area contributed by atoms with E-state index in [-0.39, 0.29) is 17.3 Å². The van der Waals surface area contributed by atoms with Crippen molar-refractivity contribution in [3.8, 4) is 0 Å². The van der Waals surface area contributed by atoms with Crippen molar-refractivity contribution in [1.82, 2.24) is 0 Å². The first-order chi connectivity index (χ1) is 14.2. The van der Waals surface area contributed by atoms with Crippen LogP contribution in [0.2, 0.25) is 0 Å². The summed E-state index contributed by atoms with van der Waals surface area (Å²) in [7, 11) is 0. The quantitative estimate of drug-likeness (QED) is 0.470. The highest BCUT2D eigenvalue weighted by Crippen LogP contribution is 2.44. The van der Waals surface area contributed by atoms with E-state index in [0.29, 0.717) is 23.1 Å². The number of hydrogen-bond acceptors (Lipinski definition) is 4. The van der Waals surface area contributed by atoms with Gasteiger partial charge in [-0.05, 0) is 61.6 Å². The van der Waals surface area contributed by atoms with E-state index in [4.69, 9.17) is 4.74 Å². The number of carbonyl (C=O) groups excluding carboxylic acids is 2. The van der Waals surface area contributed by atoms with Crippen LogP contribution in [0, 0.1) is 18.3 Å². The summed E-state index contributed by atoms with van der Waals surface area (Å²) in [4.78, 5) is 26.5. The second kappa shape index (κ2) is 9.17. The first-order valence-corrected chi connectivity index (χ1v) is 11.4. The number of nitrogens with one attached hydrogen (secondary N) is 1. The van der Waals surface area contributed by atoms with Crippen molar-refractivity contribution in [1.29, 1.82) is 0 Å². The number of fused-ring (bicyclic) bond motifs is 1. The molecule has 1 aliphatic rings. The molecule has 1 aliphatic carbocycles. The Morgan fingerprint density at radius 1 is 1.23 bits per heavy atom. The minimum atomic E-state index is -0.345. The minimum absolute atomic E-state index is 0.214. The lowest BCUT2D eigenvalue weighted by Gasteiger charge is -2.33. The molecule has 0 spiro atoms. The molecule has 0 radical (unpaired) electrons. The van der Waals surface area contributed by atoms with E-state index in [9.17, 15) is 9.59 Å². The molecule has 1 N–H and O–H groups in total. The van der Waals surface area contributed by atoms with Gasteiger partial charge in [0, 0.05) is 11.0 Å². The molecular weight excluding hydrogens is 394 g/mol. The largest absolute Gasteiger partial charge is 0.462 e. The molecule has 1 aromatic heterocycles. The second-order valence-electron chi connectivity index (χ2n) is 8.97. The average Bonchev–Trinajstić information content (AvgIpc) is 3.04. The SMILES string of the molecule is CCOC(=O)c1c(NC(=O)C=Cc2ccc(C)cc2)sc2c1CCC(C(C)(C)C)C2. The third-order valence-corrected chi connectivity index (χ3v) is 6.88. The van der Waals surface area contributed by atoms with Crippen LogP contribution in [0.4, 0.5) is 5.00 Å². The summed E-state index contributed by atoms with van der Waals surface area (Å²) < 4.78 is 5.31. The van der Waals surface area contributed by atoms with Gasteiger partial charge in [0.2, 0.25) is 5.91 Å². The number of esters is 1. The van der Waals surface area contributed by atoms with Gasteiger partial charge in [-0.1, -0.05) is 50.6 Å². The molecule has 1 unspecified atom stereocenters. The Labute approximate surface area is 183 Å². The zero-order valence-corrected chi connectivity index (χ0v) is 19.3. The summed E-state index contributed by atoms with van der Waals surface area (Å²) >= 11 is 1.52. The lowest BCUT2D eigenvalue weighted by molar-refractivity contribution is -0.111. The molecule has 0 saturated heterocycles. The Morgan fingerprint density at radius 2 is 1.93 bits per heavy atom. The van der Waals surface area contributed by atoms with Crippen LogP contribution in [0.1, 0.15) is 66.0 Å². The number of rotatable bonds is 5. The van der Waals surface area contributed by atoms with Crippen molar-refractivity contribution < 1.29 is 14.3 Å². The van der Waals surface area contributed by atoms with Crippen LogP contribution < -0.4 is 5.32 Å². The molecule has 4 nitrogen and oxygen atoms in total. The lowest BCUT2D eigenvalue weighted by Crippen LogP contribution is -2.26. The molecule has 0 fully saturated rings. The first kappa shape index (κ1) is 22.3. The molecule has 2 aromatic rings. The molecule has 1 heterocycles. The number of hydrogen-bond donors (Lipinski definition) is 1. The van der Waals surface area contributed by atoms with Crippen molar-refractivity contribution in [2.45, 2.75) is 53.9 Å². The van der Waals surface area contributed by atoms with Crippen molar-refractivity contribution in [2.75, 3.05) is 11.9 Å². The maximum absolute atomic E-state index is 12.7. The number of amides is 1. The number of benzene rings is 1. The molecule has 1 atom stereocenters. The molecule has 1 amide bonds. The van der Waals surface area contributed by atoms with E-state index >= 15 is 0 Å². The monoisotopic (exact) mass is 425 g/mol. The molecule has 0 bridgehead atoms. The summed E-state index contributed by atoms with van der Waals surface area (Å²) in [5, 5.41) is 3.54. The Hall–Kier alpha value is -2.40. The van der Waals surface area contributed by atoms with Gasteiger partial charge in [-0.25, -0.2) is 4.79 Å². The van der Waals surface area contributed by atoms with Crippen molar-refractivity contribution in [3.05, 3.63) is 57.5 Å². The Morgan fingerprint density at radius 3 is 2.57 bits per heavy atom. The summed E-state index contributed by atoms with van der Waals surface area (Å²) in [6, 6.07) is 7.96. The molecular formula is C25H31NO3S. The fourth-order valence-electron chi connectivity index (χ4n) is 3.84. The maximum Gasteiger partial charge on any atom is 0.341 e. The highest BCUT2D eigenvalue weighted by Gasteiger charge is 2.34. The van der Waals surface area contributed by atoms with Gasteiger partial charge < -0.3 is 10.1 Å². The highest BCUT2D eigenvalue weighted by molar-refractivity contribution is 7.17. The van der Waals surface area contributed by atoms with E-state index in [1.54, 1.807) is 13.0 Å². The number of carbonyl (C=O) groups is 2. The lowest BCUT2D eigenvalue weighted by atomic mass is 9.72. The van der Waals surface area contributed by atoms with Crippen LogP contribution in [-0.2, 0) is 22.4 Å². The molecule has 1 aromatic carbocycles. The second-order valence-corrected chi connectivity index (χ2v) is 10.1. The normalized spacial score (nSPS) is 16.4. The van der Waals surface area contributed by atoms with Crippen LogP contribution >= 0.6 is 11.3 Å². The predicted octanol–water partition coefficient (Wildman–Crippen LogP) is 6.04. The topological polar surface area (TPSA) is 55.4 Å². The average molecular weight is 426 g/mol. The maximum atomic E-state index is 12.7. The summed E-state index contributed by atoms with van der Waals surface area (Å²) in [5.74, 6) is -0.0298.